The van der Waals surface area contributed by atoms with Crippen LogP contribution in [-0.2, 0) is 32.7 Å². The van der Waals surface area contributed by atoms with E-state index in [4.69, 9.17) is 18.5 Å². The van der Waals surface area contributed by atoms with Gasteiger partial charge in [-0.3, -0.25) is 14.2 Å². The molecule has 0 spiro atoms. The number of nitrogens with zero attached hydrogens (tertiary/aromatic N) is 1. The second kappa shape index (κ2) is 36.8. The lowest BCUT2D eigenvalue weighted by molar-refractivity contribution is -0.870. The fourth-order valence-electron chi connectivity index (χ4n) is 5.72. The summed E-state index contributed by atoms with van der Waals surface area (Å²) >= 11 is 0. The lowest BCUT2D eigenvalue weighted by Gasteiger charge is -2.28. The van der Waals surface area contributed by atoms with Crippen molar-refractivity contribution in [3.63, 3.8) is 0 Å². The van der Waals surface area contributed by atoms with Gasteiger partial charge in [-0.2, -0.15) is 0 Å². The fraction of sp³-hybridized carbons (Fsp3) is 0.818. The summed E-state index contributed by atoms with van der Waals surface area (Å²) in [5, 5.41) is 0. The van der Waals surface area contributed by atoms with E-state index in [2.05, 4.69) is 50.3 Å². The Morgan fingerprint density at radius 3 is 1.52 bits per heavy atom. The van der Waals surface area contributed by atoms with Gasteiger partial charge >= 0.3 is 11.9 Å². The first-order valence-electron chi connectivity index (χ1n) is 21.7. The van der Waals surface area contributed by atoms with E-state index in [1.54, 1.807) is 0 Å². The third-order valence-electron chi connectivity index (χ3n) is 9.16. The Labute approximate surface area is 331 Å². The van der Waals surface area contributed by atoms with Gasteiger partial charge in [0.05, 0.1) is 27.7 Å². The molecule has 0 saturated carbocycles. The summed E-state index contributed by atoms with van der Waals surface area (Å²) < 4.78 is 33.8. The molecule has 10 heteroatoms. The van der Waals surface area contributed by atoms with Crippen LogP contribution in [0.3, 0.4) is 0 Å². The van der Waals surface area contributed by atoms with Gasteiger partial charge in [0.1, 0.15) is 19.8 Å². The van der Waals surface area contributed by atoms with Crippen LogP contribution in [0.2, 0.25) is 0 Å². The predicted octanol–water partition coefficient (Wildman–Crippen LogP) is 11.5. The van der Waals surface area contributed by atoms with Gasteiger partial charge in [-0.05, 0) is 51.4 Å². The maximum absolute atomic E-state index is 12.7. The van der Waals surface area contributed by atoms with Gasteiger partial charge in [0.15, 0.2) is 6.10 Å². The van der Waals surface area contributed by atoms with Crippen molar-refractivity contribution in [1.29, 1.82) is 0 Å². The Hall–Kier alpha value is -1.77. The van der Waals surface area contributed by atoms with Gasteiger partial charge in [-0.15, -0.1) is 0 Å². The molecule has 0 bridgehead atoms. The van der Waals surface area contributed by atoms with Crippen LogP contribution < -0.4 is 4.89 Å². The van der Waals surface area contributed by atoms with Crippen molar-refractivity contribution in [2.75, 3.05) is 47.5 Å². The van der Waals surface area contributed by atoms with Crippen LogP contribution in [0.5, 0.6) is 0 Å². The molecule has 0 aromatic carbocycles. The molecule has 316 valence electrons. The van der Waals surface area contributed by atoms with Crippen LogP contribution >= 0.6 is 7.82 Å². The van der Waals surface area contributed by atoms with Crippen LogP contribution in [0.1, 0.15) is 181 Å². The van der Waals surface area contributed by atoms with Gasteiger partial charge in [0.25, 0.3) is 7.82 Å². The highest BCUT2D eigenvalue weighted by molar-refractivity contribution is 7.45. The van der Waals surface area contributed by atoms with Crippen molar-refractivity contribution < 1.29 is 42.1 Å². The van der Waals surface area contributed by atoms with Crippen LogP contribution in [-0.4, -0.2) is 70.0 Å². The summed E-state index contributed by atoms with van der Waals surface area (Å²) in [5.74, 6) is -0.857. The highest BCUT2D eigenvalue weighted by Gasteiger charge is 2.21. The molecule has 0 fully saturated rings. The molecule has 0 amide bonds. The number of hydrogen-bond acceptors (Lipinski definition) is 8. The number of likely N-dealkylation sites (N-methyl/N-ethyl adjacent to an activating group) is 1. The number of phosphoric ester groups is 1. The molecule has 0 aliphatic rings. The number of unbranched alkanes of at least 4 members (excludes halogenated alkanes) is 19. The highest BCUT2D eigenvalue weighted by Crippen LogP contribution is 2.38. The fourth-order valence-corrected chi connectivity index (χ4v) is 6.45. The van der Waals surface area contributed by atoms with Crippen molar-refractivity contribution in [3.8, 4) is 0 Å². The zero-order chi connectivity index (χ0) is 40.0. The van der Waals surface area contributed by atoms with Crippen LogP contribution in [0.4, 0.5) is 0 Å². The SMILES string of the molecule is CCCCC/C=C\C/C=C\C/C=C\CCCCCCC(=O)O[C@H](COC(=O)CCCCCCCCCCCCCCC)COP(=O)([O-])OCC[N+](C)(C)C. The Balaban J connectivity index is 4.41. The van der Waals surface area contributed by atoms with E-state index in [9.17, 15) is 19.0 Å². The molecular formula is C44H82NO8P. The summed E-state index contributed by atoms with van der Waals surface area (Å²) in [6, 6.07) is 0. The van der Waals surface area contributed by atoms with E-state index < -0.39 is 26.5 Å². The van der Waals surface area contributed by atoms with Gasteiger partial charge in [0, 0.05) is 12.8 Å². The molecule has 0 rings (SSSR count). The first kappa shape index (κ1) is 52.2. The molecule has 0 saturated heterocycles. The highest BCUT2D eigenvalue weighted by atomic mass is 31.2. The molecule has 9 nitrogen and oxygen atoms in total. The Morgan fingerprint density at radius 1 is 0.574 bits per heavy atom. The predicted molar refractivity (Wildman–Crippen MR) is 222 cm³/mol. The van der Waals surface area contributed by atoms with Crippen molar-refractivity contribution >= 4 is 19.8 Å². The van der Waals surface area contributed by atoms with Gasteiger partial charge < -0.3 is 27.9 Å². The third-order valence-corrected chi connectivity index (χ3v) is 10.1. The first-order chi connectivity index (χ1) is 26.0. The van der Waals surface area contributed by atoms with E-state index in [0.29, 0.717) is 17.4 Å². The molecule has 54 heavy (non-hydrogen) atoms. The molecule has 0 aromatic heterocycles. The zero-order valence-electron chi connectivity index (χ0n) is 35.4. The first-order valence-corrected chi connectivity index (χ1v) is 23.2. The van der Waals surface area contributed by atoms with Crippen LogP contribution in [0.15, 0.2) is 36.5 Å². The number of quaternary nitrogens is 1. The Kier molecular flexibility index (Phi) is 35.6. The van der Waals surface area contributed by atoms with Crippen molar-refractivity contribution in [1.82, 2.24) is 0 Å². The zero-order valence-corrected chi connectivity index (χ0v) is 36.3. The molecule has 0 aliphatic heterocycles. The lowest BCUT2D eigenvalue weighted by Crippen LogP contribution is -2.37. The number of allylic oxidation sites excluding steroid dienone is 6. The summed E-state index contributed by atoms with van der Waals surface area (Å²) in [5.41, 5.74) is 0. The van der Waals surface area contributed by atoms with Crippen LogP contribution in [0.25, 0.3) is 0 Å². The number of hydrogen-bond donors (Lipinski definition) is 0. The minimum atomic E-state index is -4.63. The maximum Gasteiger partial charge on any atom is 0.306 e. The average Bonchev–Trinajstić information content (AvgIpc) is 3.12. The largest absolute Gasteiger partial charge is 0.756 e. The molecule has 0 N–H and O–H groups in total. The van der Waals surface area contributed by atoms with Crippen molar-refractivity contribution in [3.05, 3.63) is 36.5 Å². The molecule has 0 aliphatic carbocycles. The number of rotatable bonds is 39. The molecule has 1 unspecified atom stereocenters. The monoisotopic (exact) mass is 784 g/mol. The second-order valence-corrected chi connectivity index (χ2v) is 17.1. The summed E-state index contributed by atoms with van der Waals surface area (Å²) in [6.45, 7) is 4.17. The molecule has 0 radical (unpaired) electrons. The van der Waals surface area contributed by atoms with E-state index >= 15 is 0 Å². The lowest BCUT2D eigenvalue weighted by atomic mass is 10.0. The van der Waals surface area contributed by atoms with E-state index in [0.717, 1.165) is 57.8 Å². The maximum atomic E-state index is 12.7. The van der Waals surface area contributed by atoms with Crippen molar-refractivity contribution in [2.45, 2.75) is 187 Å². The number of carbonyl (C=O) groups is 2. The molecule has 0 heterocycles. The minimum absolute atomic E-state index is 0.0349. The normalized spacial score (nSPS) is 14.0. The summed E-state index contributed by atoms with van der Waals surface area (Å²) in [6.07, 6.45) is 40.2. The minimum Gasteiger partial charge on any atom is -0.756 e. The van der Waals surface area contributed by atoms with E-state index in [1.807, 2.05) is 21.1 Å². The van der Waals surface area contributed by atoms with E-state index in [1.165, 1.54) is 89.9 Å². The number of phosphoric acid groups is 1. The number of carbonyl (C=O) groups excluding carboxylic acids is 2. The molecular weight excluding hydrogens is 701 g/mol. The van der Waals surface area contributed by atoms with E-state index in [-0.39, 0.29) is 32.0 Å². The third kappa shape index (κ3) is 39.9. The second-order valence-electron chi connectivity index (χ2n) is 15.7. The Bertz CT molecular complexity index is 1020. The summed E-state index contributed by atoms with van der Waals surface area (Å²) in [7, 11) is 1.15. The topological polar surface area (TPSA) is 111 Å². The van der Waals surface area contributed by atoms with Crippen LogP contribution in [0, 0.1) is 0 Å². The van der Waals surface area contributed by atoms with Gasteiger partial charge in [-0.25, -0.2) is 0 Å². The molecule has 0 aromatic rings. The summed E-state index contributed by atoms with van der Waals surface area (Å²) in [4.78, 5) is 37.5. The Morgan fingerprint density at radius 2 is 1.00 bits per heavy atom. The molecule has 2 atom stereocenters. The quantitative estimate of drug-likeness (QED) is 0.0199. The van der Waals surface area contributed by atoms with Crippen molar-refractivity contribution in [2.24, 2.45) is 0 Å². The van der Waals surface area contributed by atoms with Gasteiger partial charge in [-0.1, -0.05) is 153 Å². The average molecular weight is 784 g/mol. The number of ether oxygens (including phenoxy) is 2. The number of esters is 2. The smallest absolute Gasteiger partial charge is 0.306 e. The van der Waals surface area contributed by atoms with Gasteiger partial charge in [0.2, 0.25) is 0 Å². The standard InChI is InChI=1S/C44H82NO8P/c1-6-8-10-12-14-16-18-20-21-22-23-25-27-29-31-33-35-37-44(47)53-42(41-52-54(48,49)51-39-38-45(3,4)5)40-50-43(46)36-34-32-30-28-26-24-19-17-15-13-11-9-7-2/h14,16,20-21,23,25,42H,6-13,15,17-19,22,24,26-41H2,1-5H3/b16-14-,21-20-,25-23-/t42-/m1/s1.